The van der Waals surface area contributed by atoms with E-state index in [2.05, 4.69) is 27.5 Å². The topological polar surface area (TPSA) is 102 Å². The number of anilines is 2. The number of aryl methyl sites for hydroxylation is 1. The van der Waals surface area contributed by atoms with Crippen LogP contribution >= 0.6 is 0 Å². The molecule has 1 rings (SSSR count). The number of nitrogens with zero attached hydrogens (tertiary/aromatic N) is 2. The Morgan fingerprint density at radius 1 is 1.42 bits per heavy atom. The van der Waals surface area contributed by atoms with Crippen LogP contribution in [-0.4, -0.2) is 42.2 Å². The van der Waals surface area contributed by atoms with Gasteiger partial charge >= 0.3 is 0 Å². The summed E-state index contributed by atoms with van der Waals surface area (Å²) in [6.45, 7) is 5.73. The average Bonchev–Trinajstić information content (AvgIpc) is 2.38. The van der Waals surface area contributed by atoms with E-state index >= 15 is 0 Å². The van der Waals surface area contributed by atoms with Crippen LogP contribution < -0.4 is 16.4 Å². The van der Waals surface area contributed by atoms with Crippen molar-refractivity contribution in [3.05, 3.63) is 11.8 Å². The Kier molecular flexibility index (Phi) is 6.59. The lowest BCUT2D eigenvalue weighted by Gasteiger charge is -2.10. The Bertz CT molecular complexity index is 411. The lowest BCUT2D eigenvalue weighted by Crippen LogP contribution is -2.21. The molecule has 4 N–H and O–H groups in total. The summed E-state index contributed by atoms with van der Waals surface area (Å²) in [5.41, 5.74) is 5.92. The molecule has 7 nitrogen and oxygen atoms in total. The van der Waals surface area contributed by atoms with Gasteiger partial charge in [0.05, 0.1) is 6.61 Å². The quantitative estimate of drug-likeness (QED) is 0.564. The summed E-state index contributed by atoms with van der Waals surface area (Å²) >= 11 is 0. The van der Waals surface area contributed by atoms with E-state index in [1.165, 1.54) is 0 Å². The predicted octanol–water partition coefficient (Wildman–Crippen LogP) is 0.521. The number of hydrogen-bond donors (Lipinski definition) is 3. The van der Waals surface area contributed by atoms with E-state index in [-0.39, 0.29) is 6.61 Å². The minimum absolute atomic E-state index is 0.0618. The molecule has 0 spiro atoms. The zero-order valence-electron chi connectivity index (χ0n) is 11.4. The Morgan fingerprint density at radius 3 is 2.89 bits per heavy atom. The highest BCUT2D eigenvalue weighted by molar-refractivity contribution is 5.74. The Morgan fingerprint density at radius 2 is 2.21 bits per heavy atom. The molecule has 1 aromatic heterocycles. The molecule has 0 saturated heterocycles. The van der Waals surface area contributed by atoms with Crippen molar-refractivity contribution in [2.45, 2.75) is 20.3 Å². The molecular weight excluding hydrogens is 246 g/mol. The molecule has 19 heavy (non-hydrogen) atoms. The van der Waals surface area contributed by atoms with Crippen LogP contribution in [0, 0.1) is 6.92 Å². The Labute approximate surface area is 113 Å². The normalized spacial score (nSPS) is 10.2. The molecule has 0 bridgehead atoms. The molecule has 1 heterocycles. The van der Waals surface area contributed by atoms with Crippen molar-refractivity contribution in [1.82, 2.24) is 9.97 Å². The van der Waals surface area contributed by atoms with Gasteiger partial charge in [0.2, 0.25) is 11.9 Å². The van der Waals surface area contributed by atoms with Gasteiger partial charge in [-0.05, 0) is 13.3 Å². The second-order valence-electron chi connectivity index (χ2n) is 4.10. The summed E-state index contributed by atoms with van der Waals surface area (Å²) in [6, 6.07) is 0. The maximum absolute atomic E-state index is 10.5. The molecule has 0 unspecified atom stereocenters. The fourth-order valence-electron chi connectivity index (χ4n) is 1.36. The molecule has 0 radical (unpaired) electrons. The van der Waals surface area contributed by atoms with Crippen LogP contribution in [0.1, 0.15) is 18.9 Å². The summed E-state index contributed by atoms with van der Waals surface area (Å²) in [4.78, 5) is 19.0. The van der Waals surface area contributed by atoms with E-state index < -0.39 is 5.91 Å². The standard InChI is InChI=1S/C12H21N5O2/c1-3-4-15-12-16-7-9(2)11(17-12)14-5-6-19-8-10(13)18/h7H,3-6,8H2,1-2H3,(H2,13,18)(H2,14,15,16,17). The summed E-state index contributed by atoms with van der Waals surface area (Å²) in [5, 5.41) is 6.26. The van der Waals surface area contributed by atoms with Crippen molar-refractivity contribution >= 4 is 17.7 Å². The SMILES string of the molecule is CCCNc1ncc(C)c(NCCOCC(N)=O)n1. The van der Waals surface area contributed by atoms with Gasteiger partial charge in [0.25, 0.3) is 0 Å². The number of carbonyl (C=O) groups excluding carboxylic acids is 1. The number of hydrogen-bond acceptors (Lipinski definition) is 6. The van der Waals surface area contributed by atoms with Crippen LogP contribution in [0.4, 0.5) is 11.8 Å². The minimum atomic E-state index is -0.468. The van der Waals surface area contributed by atoms with Gasteiger partial charge < -0.3 is 21.1 Å². The average molecular weight is 267 g/mol. The monoisotopic (exact) mass is 267 g/mol. The number of ether oxygens (including phenoxy) is 1. The highest BCUT2D eigenvalue weighted by Gasteiger charge is 2.03. The predicted molar refractivity (Wildman–Crippen MR) is 74.1 cm³/mol. The Balaban J connectivity index is 2.41. The summed E-state index contributed by atoms with van der Waals surface area (Å²) in [5.74, 6) is 0.897. The zero-order chi connectivity index (χ0) is 14.1. The van der Waals surface area contributed by atoms with E-state index in [9.17, 15) is 4.79 Å². The van der Waals surface area contributed by atoms with E-state index in [4.69, 9.17) is 10.5 Å². The molecule has 0 saturated carbocycles. The molecule has 1 amide bonds. The summed E-state index contributed by atoms with van der Waals surface area (Å²) in [7, 11) is 0. The number of nitrogens with one attached hydrogen (secondary N) is 2. The van der Waals surface area contributed by atoms with Crippen molar-refractivity contribution in [2.75, 3.05) is 36.9 Å². The van der Waals surface area contributed by atoms with Crippen molar-refractivity contribution in [1.29, 1.82) is 0 Å². The van der Waals surface area contributed by atoms with E-state index in [0.717, 1.165) is 24.3 Å². The third-order valence-electron chi connectivity index (χ3n) is 2.29. The largest absolute Gasteiger partial charge is 0.370 e. The fourth-order valence-corrected chi connectivity index (χ4v) is 1.36. The lowest BCUT2D eigenvalue weighted by molar-refractivity contribution is -0.122. The van der Waals surface area contributed by atoms with Gasteiger partial charge in [-0.25, -0.2) is 4.98 Å². The summed E-state index contributed by atoms with van der Waals surface area (Å²) in [6.07, 6.45) is 2.78. The first-order chi connectivity index (χ1) is 9.13. The van der Waals surface area contributed by atoms with Gasteiger partial charge in [0, 0.05) is 24.8 Å². The maximum atomic E-state index is 10.5. The number of aromatic nitrogens is 2. The van der Waals surface area contributed by atoms with Crippen LogP contribution in [0.2, 0.25) is 0 Å². The van der Waals surface area contributed by atoms with E-state index in [1.54, 1.807) is 6.20 Å². The third kappa shape index (κ3) is 6.01. The van der Waals surface area contributed by atoms with Crippen LogP contribution in [0.3, 0.4) is 0 Å². The highest BCUT2D eigenvalue weighted by Crippen LogP contribution is 2.11. The smallest absolute Gasteiger partial charge is 0.243 e. The van der Waals surface area contributed by atoms with Crippen LogP contribution in [0.25, 0.3) is 0 Å². The Hall–Kier alpha value is -1.89. The molecule has 7 heteroatoms. The van der Waals surface area contributed by atoms with Crippen LogP contribution in [-0.2, 0) is 9.53 Å². The third-order valence-corrected chi connectivity index (χ3v) is 2.29. The van der Waals surface area contributed by atoms with Gasteiger partial charge in [-0.1, -0.05) is 6.92 Å². The van der Waals surface area contributed by atoms with Crippen molar-refractivity contribution in [3.8, 4) is 0 Å². The number of rotatable bonds is 9. The summed E-state index contributed by atoms with van der Waals surface area (Å²) < 4.78 is 5.06. The molecule has 0 aromatic carbocycles. The van der Waals surface area contributed by atoms with Gasteiger partial charge in [-0.3, -0.25) is 4.79 Å². The molecule has 0 aliphatic carbocycles. The molecule has 0 aliphatic rings. The molecule has 0 atom stereocenters. The van der Waals surface area contributed by atoms with Crippen molar-refractivity contribution < 1.29 is 9.53 Å². The van der Waals surface area contributed by atoms with Gasteiger partial charge in [-0.15, -0.1) is 0 Å². The number of carbonyl (C=O) groups is 1. The van der Waals surface area contributed by atoms with Gasteiger partial charge in [0.1, 0.15) is 12.4 Å². The highest BCUT2D eigenvalue weighted by atomic mass is 16.5. The molecule has 1 aromatic rings. The maximum Gasteiger partial charge on any atom is 0.243 e. The first-order valence-corrected chi connectivity index (χ1v) is 6.31. The molecule has 0 fully saturated rings. The second-order valence-corrected chi connectivity index (χ2v) is 4.10. The molecular formula is C12H21N5O2. The van der Waals surface area contributed by atoms with Gasteiger partial charge in [0.15, 0.2) is 0 Å². The van der Waals surface area contributed by atoms with E-state index in [0.29, 0.717) is 19.1 Å². The number of amides is 1. The zero-order valence-corrected chi connectivity index (χ0v) is 11.4. The van der Waals surface area contributed by atoms with Gasteiger partial charge in [-0.2, -0.15) is 4.98 Å². The fraction of sp³-hybridized carbons (Fsp3) is 0.583. The minimum Gasteiger partial charge on any atom is -0.370 e. The molecule has 106 valence electrons. The second kappa shape index (κ2) is 8.25. The molecule has 0 aliphatic heterocycles. The van der Waals surface area contributed by atoms with Crippen LogP contribution in [0.15, 0.2) is 6.20 Å². The van der Waals surface area contributed by atoms with E-state index in [1.807, 2.05) is 6.92 Å². The van der Waals surface area contributed by atoms with Crippen molar-refractivity contribution in [2.24, 2.45) is 5.73 Å². The first kappa shape index (κ1) is 15.2. The lowest BCUT2D eigenvalue weighted by atomic mass is 10.3. The number of primary amides is 1. The van der Waals surface area contributed by atoms with Crippen molar-refractivity contribution in [3.63, 3.8) is 0 Å². The number of nitrogens with two attached hydrogens (primary N) is 1. The van der Waals surface area contributed by atoms with Crippen LogP contribution in [0.5, 0.6) is 0 Å². The first-order valence-electron chi connectivity index (χ1n) is 6.31.